The Labute approximate surface area is 207 Å². The van der Waals surface area contributed by atoms with Gasteiger partial charge in [0, 0.05) is 22.0 Å². The molecule has 5 rings (SSSR count). The van der Waals surface area contributed by atoms with Crippen molar-refractivity contribution >= 4 is 17.6 Å². The molecule has 4 aromatic carbocycles. The van der Waals surface area contributed by atoms with E-state index in [9.17, 15) is 5.11 Å². The van der Waals surface area contributed by atoms with Crippen molar-refractivity contribution in [1.82, 2.24) is 0 Å². The van der Waals surface area contributed by atoms with E-state index >= 15 is 0 Å². The molecule has 1 aliphatic rings. The summed E-state index contributed by atoms with van der Waals surface area (Å²) in [4.78, 5) is 0. The average Bonchev–Trinajstić information content (AvgIpc) is 2.88. The lowest BCUT2D eigenvalue weighted by molar-refractivity contribution is 0.453. The smallest absolute Gasteiger partial charge is 0.119 e. The number of hydrazine groups is 1. The van der Waals surface area contributed by atoms with Crippen LogP contribution in [0.2, 0.25) is 0 Å². The van der Waals surface area contributed by atoms with Crippen molar-refractivity contribution in [2.24, 2.45) is 5.10 Å². The second-order valence-corrected chi connectivity index (χ2v) is 10.2. The summed E-state index contributed by atoms with van der Waals surface area (Å²) in [6.07, 6.45) is 1.88. The van der Waals surface area contributed by atoms with Crippen molar-refractivity contribution in [3.05, 3.63) is 125 Å². The molecule has 0 aromatic heterocycles. The number of phenolic OH excluding ortho intramolecular Hbond substituents is 1. The number of nitrogens with zero attached hydrogens (tertiary/aromatic N) is 2. The lowest BCUT2D eigenvalue weighted by Crippen LogP contribution is -2.30. The molecule has 0 bridgehead atoms. The highest BCUT2D eigenvalue weighted by Crippen LogP contribution is 2.42. The Balaban J connectivity index is 1.67. The van der Waals surface area contributed by atoms with Crippen molar-refractivity contribution in [1.29, 1.82) is 0 Å². The molecule has 35 heavy (non-hydrogen) atoms. The average molecular weight is 462 g/mol. The maximum Gasteiger partial charge on any atom is 0.119 e. The molecule has 176 valence electrons. The van der Waals surface area contributed by atoms with Crippen LogP contribution in [0.25, 0.3) is 0 Å². The number of aromatic hydroxyl groups is 1. The largest absolute Gasteiger partial charge is 0.508 e. The Kier molecular flexibility index (Phi) is 5.60. The summed E-state index contributed by atoms with van der Waals surface area (Å²) in [6, 6.07) is 32.9. The number of rotatable bonds is 5. The van der Waals surface area contributed by atoms with Crippen LogP contribution in [0.1, 0.15) is 55.5 Å². The molecule has 0 spiro atoms. The van der Waals surface area contributed by atoms with Crippen LogP contribution in [0.5, 0.6) is 5.75 Å². The molecule has 0 atom stereocenters. The Hall–Kier alpha value is -4.05. The molecule has 0 saturated carbocycles. The van der Waals surface area contributed by atoms with Crippen LogP contribution in [0.15, 0.2) is 102 Å². The Morgan fingerprint density at radius 1 is 0.686 bits per heavy atom. The topological polar surface area (TPSA) is 47.9 Å². The summed E-state index contributed by atoms with van der Waals surface area (Å²) in [7, 11) is 0. The zero-order valence-electron chi connectivity index (χ0n) is 20.7. The van der Waals surface area contributed by atoms with Gasteiger partial charge in [-0.25, -0.2) is 0 Å². The summed E-state index contributed by atoms with van der Waals surface area (Å²) < 4.78 is 0. The molecular weight excluding hydrogens is 430 g/mol. The van der Waals surface area contributed by atoms with Crippen LogP contribution in [-0.4, -0.2) is 11.3 Å². The Morgan fingerprint density at radius 3 is 2.06 bits per heavy atom. The Bertz CT molecular complexity index is 1390. The third-order valence-electron chi connectivity index (χ3n) is 7.18. The predicted octanol–water partition coefficient (Wildman–Crippen LogP) is 7.23. The first kappa shape index (κ1) is 22.7. The summed E-state index contributed by atoms with van der Waals surface area (Å²) >= 11 is 0. The van der Waals surface area contributed by atoms with Gasteiger partial charge in [-0.3, -0.25) is 5.43 Å². The van der Waals surface area contributed by atoms with E-state index in [0.29, 0.717) is 5.75 Å². The zero-order chi connectivity index (χ0) is 24.6. The van der Waals surface area contributed by atoms with Crippen LogP contribution in [0.4, 0.5) is 11.4 Å². The number of hydrazone groups is 1. The van der Waals surface area contributed by atoms with Crippen molar-refractivity contribution in [2.45, 2.75) is 38.5 Å². The van der Waals surface area contributed by atoms with Crippen LogP contribution >= 0.6 is 0 Å². The summed E-state index contributed by atoms with van der Waals surface area (Å²) in [6.45, 7) is 8.81. The van der Waals surface area contributed by atoms with E-state index in [1.165, 1.54) is 11.1 Å². The van der Waals surface area contributed by atoms with E-state index in [4.69, 9.17) is 5.10 Å². The van der Waals surface area contributed by atoms with E-state index in [1.54, 1.807) is 6.07 Å². The third kappa shape index (κ3) is 4.17. The lowest BCUT2D eigenvalue weighted by atomic mass is 9.73. The molecule has 0 unspecified atom stereocenters. The van der Waals surface area contributed by atoms with Crippen LogP contribution in [0.3, 0.4) is 0 Å². The number of anilines is 2. The summed E-state index contributed by atoms with van der Waals surface area (Å²) in [5.41, 5.74) is 10.2. The zero-order valence-corrected chi connectivity index (χ0v) is 20.7. The van der Waals surface area contributed by atoms with E-state index in [2.05, 4.69) is 81.7 Å². The van der Waals surface area contributed by atoms with Crippen LogP contribution in [0, 0.1) is 0 Å². The van der Waals surface area contributed by atoms with Gasteiger partial charge in [0.1, 0.15) is 5.75 Å². The normalized spacial score (nSPS) is 13.3. The fourth-order valence-electron chi connectivity index (χ4n) is 4.74. The fourth-order valence-corrected chi connectivity index (χ4v) is 4.74. The van der Waals surface area contributed by atoms with Crippen molar-refractivity contribution < 1.29 is 5.11 Å². The van der Waals surface area contributed by atoms with Crippen LogP contribution < -0.4 is 10.5 Å². The number of fused-ring (bicyclic) bond motifs is 1. The molecule has 1 heterocycles. The van der Waals surface area contributed by atoms with Crippen molar-refractivity contribution in [3.8, 4) is 5.75 Å². The summed E-state index contributed by atoms with van der Waals surface area (Å²) in [5, 5.41) is 17.2. The van der Waals surface area contributed by atoms with Crippen LogP contribution in [-0.2, 0) is 10.8 Å². The van der Waals surface area contributed by atoms with Gasteiger partial charge in [0.2, 0.25) is 0 Å². The minimum atomic E-state index is -0.430. The minimum Gasteiger partial charge on any atom is -0.508 e. The maximum atomic E-state index is 10.7. The molecule has 0 radical (unpaired) electrons. The molecule has 0 fully saturated rings. The number of phenols is 1. The second kappa shape index (κ2) is 8.62. The van der Waals surface area contributed by atoms with Gasteiger partial charge < -0.3 is 5.11 Å². The fraction of sp³-hybridized carbons (Fsp3) is 0.194. The Morgan fingerprint density at radius 2 is 1.31 bits per heavy atom. The van der Waals surface area contributed by atoms with Gasteiger partial charge in [-0.15, -0.1) is 0 Å². The quantitative estimate of drug-likeness (QED) is 0.330. The van der Waals surface area contributed by atoms with Gasteiger partial charge >= 0.3 is 0 Å². The van der Waals surface area contributed by atoms with E-state index in [0.717, 1.165) is 28.1 Å². The van der Waals surface area contributed by atoms with Gasteiger partial charge in [0.15, 0.2) is 0 Å². The summed E-state index contributed by atoms with van der Waals surface area (Å²) in [5.74, 6) is 0.301. The highest BCUT2D eigenvalue weighted by atomic mass is 16.3. The van der Waals surface area contributed by atoms with Crippen molar-refractivity contribution in [3.63, 3.8) is 0 Å². The first-order valence-electron chi connectivity index (χ1n) is 12.0. The van der Waals surface area contributed by atoms with E-state index < -0.39 is 5.41 Å². The SMILES string of the molecule is CC(C)(c1ccccc1)c1cc(N2N=Cc3ccccc3N2)cc(C(C)(C)c2ccccc2O)c1. The molecule has 0 aliphatic carbocycles. The van der Waals surface area contributed by atoms with E-state index in [1.807, 2.05) is 53.8 Å². The first-order valence-corrected chi connectivity index (χ1v) is 12.0. The lowest BCUT2D eigenvalue weighted by Gasteiger charge is -2.34. The molecular formula is C31H31N3O. The molecule has 0 saturated heterocycles. The van der Waals surface area contributed by atoms with Gasteiger partial charge in [-0.1, -0.05) is 100 Å². The van der Waals surface area contributed by atoms with Gasteiger partial charge in [0.05, 0.1) is 17.6 Å². The molecule has 4 nitrogen and oxygen atoms in total. The molecule has 2 N–H and O–H groups in total. The number of hydrogen-bond donors (Lipinski definition) is 2. The van der Waals surface area contributed by atoms with Gasteiger partial charge in [-0.05, 0) is 41.0 Å². The van der Waals surface area contributed by atoms with Gasteiger partial charge in [-0.2, -0.15) is 10.2 Å². The van der Waals surface area contributed by atoms with Gasteiger partial charge in [0.25, 0.3) is 0 Å². The second-order valence-electron chi connectivity index (χ2n) is 10.2. The standard InChI is InChI=1S/C31H31N3O/c1-30(2,23-13-6-5-7-14-23)24-18-25(31(3,4)27-15-9-11-17-29(27)35)20-26(19-24)34-32-21-22-12-8-10-16-28(22)33-34/h5-21,33,35H,1-4H3. The number of para-hydroxylation sites is 2. The minimum absolute atomic E-state index is 0.238. The molecule has 4 aromatic rings. The highest BCUT2D eigenvalue weighted by molar-refractivity contribution is 5.91. The molecule has 1 aliphatic heterocycles. The molecule has 4 heteroatoms. The van der Waals surface area contributed by atoms with E-state index in [-0.39, 0.29) is 5.41 Å². The third-order valence-corrected chi connectivity index (χ3v) is 7.18. The molecule has 0 amide bonds. The maximum absolute atomic E-state index is 10.7. The first-order chi connectivity index (χ1) is 16.8. The number of benzene rings is 4. The highest BCUT2D eigenvalue weighted by Gasteiger charge is 2.31. The number of hydrogen-bond acceptors (Lipinski definition) is 4. The number of nitrogens with one attached hydrogen (secondary N) is 1. The van der Waals surface area contributed by atoms with Crippen molar-refractivity contribution in [2.75, 3.05) is 10.5 Å². The predicted molar refractivity (Wildman–Crippen MR) is 145 cm³/mol. The monoisotopic (exact) mass is 461 g/mol.